The number of carbonyl (C=O) groups is 3. The van der Waals surface area contributed by atoms with Crippen molar-refractivity contribution in [3.05, 3.63) is 0 Å². The lowest BCUT2D eigenvalue weighted by atomic mass is 9.99. The second-order valence-corrected chi connectivity index (χ2v) is 20.4. The zero-order valence-corrected chi connectivity index (χ0v) is 42.7. The van der Waals surface area contributed by atoms with E-state index in [0.29, 0.717) is 19.3 Å². The Bertz CT molecular complexity index is 962. The molecule has 0 aromatic rings. The molecule has 0 fully saturated rings. The molecule has 0 bridgehead atoms. The summed E-state index contributed by atoms with van der Waals surface area (Å²) < 4.78 is 16.8. The first-order chi connectivity index (χ1) is 30.1. The molecule has 62 heavy (non-hydrogen) atoms. The van der Waals surface area contributed by atoms with E-state index in [0.717, 1.165) is 75.5 Å². The lowest BCUT2D eigenvalue weighted by Crippen LogP contribution is -2.30. The fourth-order valence-electron chi connectivity index (χ4n) is 8.44. The van der Waals surface area contributed by atoms with E-state index in [2.05, 4.69) is 41.5 Å². The van der Waals surface area contributed by atoms with Crippen molar-refractivity contribution in [3.8, 4) is 0 Å². The minimum atomic E-state index is -0.763. The first-order valence-corrected chi connectivity index (χ1v) is 27.6. The van der Waals surface area contributed by atoms with Crippen molar-refractivity contribution >= 4 is 17.9 Å². The van der Waals surface area contributed by atoms with Crippen LogP contribution in [0.15, 0.2) is 0 Å². The molecular formula is C56H108O6. The summed E-state index contributed by atoms with van der Waals surface area (Å²) in [5, 5.41) is 0. The number of ether oxygens (including phenoxy) is 3. The van der Waals surface area contributed by atoms with Crippen molar-refractivity contribution in [2.24, 2.45) is 17.8 Å². The summed E-state index contributed by atoms with van der Waals surface area (Å²) in [6, 6.07) is 0. The average Bonchev–Trinajstić information content (AvgIpc) is 3.24. The number of esters is 3. The van der Waals surface area contributed by atoms with Crippen LogP contribution in [0.5, 0.6) is 0 Å². The third kappa shape index (κ3) is 47.9. The van der Waals surface area contributed by atoms with Gasteiger partial charge in [0.1, 0.15) is 13.2 Å². The molecule has 2 atom stereocenters. The summed E-state index contributed by atoms with van der Waals surface area (Å²) in [5.41, 5.74) is 0. The fraction of sp³-hybridized carbons (Fsp3) is 0.946. The maximum absolute atomic E-state index is 12.8. The van der Waals surface area contributed by atoms with Gasteiger partial charge in [-0.3, -0.25) is 14.4 Å². The molecule has 0 spiro atoms. The number of hydrogen-bond donors (Lipinski definition) is 0. The predicted octanol–water partition coefficient (Wildman–Crippen LogP) is 17.9. The summed E-state index contributed by atoms with van der Waals surface area (Å²) in [6.45, 7) is 13.7. The SMILES string of the molecule is CCC(C)CCCCCCCCCCCCC(=O)OC[C@H](COC(=O)CCCCCCCCCCC(C)C)OC(=O)CCCCCCCCCCCCCCCCCCC(C)C. The first kappa shape index (κ1) is 60.4. The van der Waals surface area contributed by atoms with Gasteiger partial charge in [-0.25, -0.2) is 0 Å². The smallest absolute Gasteiger partial charge is 0.306 e. The van der Waals surface area contributed by atoms with Gasteiger partial charge in [-0.05, 0) is 37.0 Å². The highest BCUT2D eigenvalue weighted by Gasteiger charge is 2.19. The molecule has 0 rings (SSSR count). The van der Waals surface area contributed by atoms with Gasteiger partial charge in [0.2, 0.25) is 0 Å². The molecule has 0 saturated heterocycles. The maximum atomic E-state index is 12.8. The first-order valence-electron chi connectivity index (χ1n) is 27.6. The van der Waals surface area contributed by atoms with Crippen molar-refractivity contribution in [2.45, 2.75) is 311 Å². The second kappa shape index (κ2) is 47.4. The van der Waals surface area contributed by atoms with Crippen LogP contribution in [0.4, 0.5) is 0 Å². The summed E-state index contributed by atoms with van der Waals surface area (Å²) in [5.74, 6) is 1.67. The molecule has 0 aliphatic heterocycles. The van der Waals surface area contributed by atoms with Gasteiger partial charge >= 0.3 is 17.9 Å². The monoisotopic (exact) mass is 877 g/mol. The highest BCUT2D eigenvalue weighted by molar-refractivity contribution is 5.71. The van der Waals surface area contributed by atoms with Gasteiger partial charge in [0, 0.05) is 19.3 Å². The third-order valence-corrected chi connectivity index (χ3v) is 13.0. The number of carbonyl (C=O) groups excluding carboxylic acids is 3. The van der Waals surface area contributed by atoms with E-state index in [-0.39, 0.29) is 31.1 Å². The molecule has 0 saturated carbocycles. The molecule has 368 valence electrons. The van der Waals surface area contributed by atoms with E-state index in [1.54, 1.807) is 0 Å². The van der Waals surface area contributed by atoms with E-state index in [9.17, 15) is 14.4 Å². The molecule has 0 radical (unpaired) electrons. The Morgan fingerprint density at radius 2 is 0.565 bits per heavy atom. The quantitative estimate of drug-likeness (QED) is 0.0344. The molecule has 0 aromatic carbocycles. The minimum Gasteiger partial charge on any atom is -0.462 e. The van der Waals surface area contributed by atoms with Gasteiger partial charge in [-0.1, -0.05) is 266 Å². The highest BCUT2D eigenvalue weighted by Crippen LogP contribution is 2.18. The van der Waals surface area contributed by atoms with E-state index < -0.39 is 6.10 Å². The zero-order valence-electron chi connectivity index (χ0n) is 42.7. The molecule has 0 amide bonds. The number of hydrogen-bond acceptors (Lipinski definition) is 6. The Labute approximate surface area is 387 Å². The Hall–Kier alpha value is -1.59. The Morgan fingerprint density at radius 3 is 0.839 bits per heavy atom. The van der Waals surface area contributed by atoms with Crippen molar-refractivity contribution in [1.82, 2.24) is 0 Å². The van der Waals surface area contributed by atoms with Crippen LogP contribution in [-0.2, 0) is 28.6 Å². The van der Waals surface area contributed by atoms with Crippen LogP contribution < -0.4 is 0 Å². The fourth-order valence-corrected chi connectivity index (χ4v) is 8.44. The summed E-state index contributed by atoms with van der Waals surface area (Å²) in [7, 11) is 0. The van der Waals surface area contributed by atoms with Crippen LogP contribution in [-0.4, -0.2) is 37.2 Å². The van der Waals surface area contributed by atoms with Crippen LogP contribution in [0, 0.1) is 17.8 Å². The standard InChI is InChI=1S/C56H108O6/c1-7-52(6)44-38-32-26-19-16-17-20-27-33-39-45-54(57)60-48-53(49-61-55(58)46-40-34-28-23-22-25-31-37-43-51(4)5)62-56(59)47-41-35-29-21-15-13-11-9-8-10-12-14-18-24-30-36-42-50(2)3/h50-53H,7-49H2,1-6H3/t52?,53-/m1/s1. The predicted molar refractivity (Wildman–Crippen MR) is 266 cm³/mol. The Kier molecular flexibility index (Phi) is 46.2. The van der Waals surface area contributed by atoms with Gasteiger partial charge < -0.3 is 14.2 Å². The second-order valence-electron chi connectivity index (χ2n) is 20.4. The molecular weight excluding hydrogens is 769 g/mol. The molecule has 0 N–H and O–H groups in total. The normalized spacial score (nSPS) is 12.6. The Balaban J connectivity index is 4.28. The maximum Gasteiger partial charge on any atom is 0.306 e. The molecule has 6 heteroatoms. The van der Waals surface area contributed by atoms with Crippen LogP contribution in [0.2, 0.25) is 0 Å². The minimum absolute atomic E-state index is 0.0645. The summed E-state index contributed by atoms with van der Waals surface area (Å²) in [6.07, 6.45) is 48.1. The third-order valence-electron chi connectivity index (χ3n) is 13.0. The molecule has 0 aliphatic rings. The van der Waals surface area contributed by atoms with Crippen LogP contribution in [0.25, 0.3) is 0 Å². The van der Waals surface area contributed by atoms with Crippen LogP contribution in [0.1, 0.15) is 305 Å². The molecule has 0 heterocycles. The van der Waals surface area contributed by atoms with Crippen molar-refractivity contribution < 1.29 is 28.6 Å². The zero-order chi connectivity index (χ0) is 45.6. The van der Waals surface area contributed by atoms with Gasteiger partial charge in [0.15, 0.2) is 6.10 Å². The molecule has 0 aromatic heterocycles. The molecule has 1 unspecified atom stereocenters. The van der Waals surface area contributed by atoms with Gasteiger partial charge in [0.05, 0.1) is 0 Å². The van der Waals surface area contributed by atoms with Crippen LogP contribution in [0.3, 0.4) is 0 Å². The van der Waals surface area contributed by atoms with Gasteiger partial charge in [-0.15, -0.1) is 0 Å². The lowest BCUT2D eigenvalue weighted by Gasteiger charge is -2.18. The van der Waals surface area contributed by atoms with Crippen molar-refractivity contribution in [3.63, 3.8) is 0 Å². The van der Waals surface area contributed by atoms with E-state index >= 15 is 0 Å². The lowest BCUT2D eigenvalue weighted by molar-refractivity contribution is -0.167. The van der Waals surface area contributed by atoms with Crippen molar-refractivity contribution in [1.29, 1.82) is 0 Å². The van der Waals surface area contributed by atoms with Gasteiger partial charge in [0.25, 0.3) is 0 Å². The molecule has 0 aliphatic carbocycles. The largest absolute Gasteiger partial charge is 0.462 e. The number of unbranched alkanes of at least 4 members (excludes halogenated alkanes) is 31. The highest BCUT2D eigenvalue weighted by atomic mass is 16.6. The molecule has 6 nitrogen and oxygen atoms in total. The average molecular weight is 877 g/mol. The van der Waals surface area contributed by atoms with Gasteiger partial charge in [-0.2, -0.15) is 0 Å². The summed E-state index contributed by atoms with van der Waals surface area (Å²) >= 11 is 0. The Morgan fingerprint density at radius 1 is 0.323 bits per heavy atom. The topological polar surface area (TPSA) is 78.9 Å². The van der Waals surface area contributed by atoms with E-state index in [1.165, 1.54) is 186 Å². The van der Waals surface area contributed by atoms with Crippen molar-refractivity contribution in [2.75, 3.05) is 13.2 Å². The van der Waals surface area contributed by atoms with Crippen LogP contribution >= 0.6 is 0 Å². The number of rotatable bonds is 49. The van der Waals surface area contributed by atoms with E-state index in [1.807, 2.05) is 0 Å². The summed E-state index contributed by atoms with van der Waals surface area (Å²) in [4.78, 5) is 38.0. The van der Waals surface area contributed by atoms with E-state index in [4.69, 9.17) is 14.2 Å².